The van der Waals surface area contributed by atoms with Gasteiger partial charge in [-0.1, -0.05) is 26.2 Å². The lowest BCUT2D eigenvalue weighted by Gasteiger charge is -2.31. The van der Waals surface area contributed by atoms with E-state index in [-0.39, 0.29) is 64.1 Å². The highest BCUT2D eigenvalue weighted by molar-refractivity contribution is 8.00. The Balaban J connectivity index is 1.53. The third-order valence-electron chi connectivity index (χ3n) is 8.81. The predicted molar refractivity (Wildman–Crippen MR) is 174 cm³/mol. The van der Waals surface area contributed by atoms with Crippen molar-refractivity contribution in [2.24, 2.45) is 11.8 Å². The number of Topliss-reactive ketones (excluding diaryl/α,β-unsaturated/α-hetero) is 1. The molecule has 1 atom stereocenters. The van der Waals surface area contributed by atoms with E-state index in [4.69, 9.17) is 0 Å². The van der Waals surface area contributed by atoms with Crippen LogP contribution in [0.15, 0.2) is 0 Å². The van der Waals surface area contributed by atoms with E-state index in [9.17, 15) is 24.0 Å². The molecule has 0 aromatic carbocycles. The number of amides is 5. The van der Waals surface area contributed by atoms with Crippen molar-refractivity contribution in [2.75, 3.05) is 19.3 Å². The Morgan fingerprint density at radius 2 is 1.47 bits per heavy atom. The van der Waals surface area contributed by atoms with Gasteiger partial charge in [-0.05, 0) is 97.2 Å². The topological polar surface area (TPSA) is 125 Å². The lowest BCUT2D eigenvalue weighted by Crippen LogP contribution is -2.54. The average Bonchev–Trinajstić information content (AvgIpc) is 3.19. The van der Waals surface area contributed by atoms with Crippen molar-refractivity contribution >= 4 is 41.3 Å². The summed E-state index contributed by atoms with van der Waals surface area (Å²) >= 11 is 1.55. The standard InChI is InChI=1S/C33H58N4O5S/c1-7-19-32(2,3)35-31(42)36-33(4,5)20-11-8-9-13-26(38)14-10-12-21-43-27-22-28(39)37(30(27)41)23-24-15-17-25(18-16-24)29(40)34-6/h24-25,27H,7-23H2,1-6H3,(H,34,40)(H2,35,36,42). The number of likely N-dealkylation sites (tertiary alicyclic amines) is 1. The highest BCUT2D eigenvalue weighted by atomic mass is 32.2. The van der Waals surface area contributed by atoms with E-state index >= 15 is 0 Å². The minimum Gasteiger partial charge on any atom is -0.359 e. The summed E-state index contributed by atoms with van der Waals surface area (Å²) < 4.78 is 0. The molecule has 0 aromatic rings. The Morgan fingerprint density at radius 3 is 2.07 bits per heavy atom. The number of carbonyl (C=O) groups excluding carboxylic acids is 5. The number of carbonyl (C=O) groups is 5. The van der Waals surface area contributed by atoms with Crippen molar-refractivity contribution in [3.05, 3.63) is 0 Å². The third kappa shape index (κ3) is 13.6. The van der Waals surface area contributed by atoms with E-state index in [1.165, 1.54) is 4.90 Å². The summed E-state index contributed by atoms with van der Waals surface area (Å²) in [5, 5.41) is 8.56. The zero-order chi connectivity index (χ0) is 32.0. The molecule has 3 N–H and O–H groups in total. The number of unbranched alkanes of at least 4 members (excludes halogenated alkanes) is 3. The molecule has 0 bridgehead atoms. The second-order valence-corrected chi connectivity index (χ2v) is 15.2. The van der Waals surface area contributed by atoms with Gasteiger partial charge in [0.05, 0.1) is 5.25 Å². The lowest BCUT2D eigenvalue weighted by molar-refractivity contribution is -0.139. The maximum Gasteiger partial charge on any atom is 0.315 e. The van der Waals surface area contributed by atoms with Gasteiger partial charge in [0.15, 0.2) is 0 Å². The first-order valence-corrected chi connectivity index (χ1v) is 17.6. The maximum absolute atomic E-state index is 12.9. The molecule has 0 aromatic heterocycles. The van der Waals surface area contributed by atoms with Crippen LogP contribution < -0.4 is 16.0 Å². The van der Waals surface area contributed by atoms with Crippen molar-refractivity contribution in [3.8, 4) is 0 Å². The van der Waals surface area contributed by atoms with Crippen LogP contribution in [0.1, 0.15) is 131 Å². The third-order valence-corrected chi connectivity index (χ3v) is 10.1. The summed E-state index contributed by atoms with van der Waals surface area (Å²) in [5.74, 6) is 1.31. The zero-order valence-electron chi connectivity index (χ0n) is 27.6. The highest BCUT2D eigenvalue weighted by Crippen LogP contribution is 2.32. The van der Waals surface area contributed by atoms with Crippen LogP contribution in [0.3, 0.4) is 0 Å². The van der Waals surface area contributed by atoms with Gasteiger partial charge in [-0.3, -0.25) is 24.1 Å². The van der Waals surface area contributed by atoms with Gasteiger partial charge in [0.1, 0.15) is 5.78 Å². The fraction of sp³-hybridized carbons (Fsp3) is 0.848. The number of nitrogens with one attached hydrogen (secondary N) is 3. The normalized spacial score (nSPS) is 21.2. The highest BCUT2D eigenvalue weighted by Gasteiger charge is 2.40. The van der Waals surface area contributed by atoms with Crippen LogP contribution in [-0.4, -0.2) is 70.1 Å². The van der Waals surface area contributed by atoms with E-state index in [0.29, 0.717) is 19.4 Å². The Kier molecular flexibility index (Phi) is 15.5. The van der Waals surface area contributed by atoms with Gasteiger partial charge in [0.25, 0.3) is 0 Å². The molecule has 0 spiro atoms. The van der Waals surface area contributed by atoms with Gasteiger partial charge in [-0.15, -0.1) is 11.8 Å². The number of rotatable bonds is 19. The second-order valence-electron chi connectivity index (χ2n) is 13.9. The fourth-order valence-electron chi connectivity index (χ4n) is 6.28. The van der Waals surface area contributed by atoms with E-state index < -0.39 is 0 Å². The van der Waals surface area contributed by atoms with Crippen molar-refractivity contribution < 1.29 is 24.0 Å². The van der Waals surface area contributed by atoms with Crippen molar-refractivity contribution in [1.82, 2.24) is 20.9 Å². The average molecular weight is 623 g/mol. The van der Waals surface area contributed by atoms with Gasteiger partial charge in [-0.25, -0.2) is 4.79 Å². The lowest BCUT2D eigenvalue weighted by atomic mass is 9.81. The summed E-state index contributed by atoms with van der Waals surface area (Å²) in [5.41, 5.74) is -0.526. The number of nitrogens with zero attached hydrogens (tertiary/aromatic N) is 1. The molecule has 9 nitrogen and oxygen atoms in total. The number of thioether (sulfide) groups is 1. The smallest absolute Gasteiger partial charge is 0.315 e. The van der Waals surface area contributed by atoms with E-state index in [2.05, 4.69) is 22.9 Å². The minimum absolute atomic E-state index is 0.0466. The predicted octanol–water partition coefficient (Wildman–Crippen LogP) is 5.75. The number of imide groups is 1. The Hall–Kier alpha value is -2.10. The molecule has 2 aliphatic rings. The molecule has 1 saturated heterocycles. The second kappa shape index (κ2) is 18.0. The van der Waals surface area contributed by atoms with Gasteiger partial charge < -0.3 is 16.0 Å². The van der Waals surface area contributed by atoms with E-state index in [0.717, 1.165) is 82.8 Å². The molecule has 1 aliphatic heterocycles. The van der Waals surface area contributed by atoms with E-state index in [1.54, 1.807) is 18.8 Å². The first kappa shape index (κ1) is 37.1. The van der Waals surface area contributed by atoms with Crippen LogP contribution in [-0.2, 0) is 19.2 Å². The number of urea groups is 1. The van der Waals surface area contributed by atoms with Gasteiger partial charge in [-0.2, -0.15) is 0 Å². The van der Waals surface area contributed by atoms with Crippen molar-refractivity contribution in [3.63, 3.8) is 0 Å². The molecule has 43 heavy (non-hydrogen) atoms. The van der Waals surface area contributed by atoms with Crippen LogP contribution >= 0.6 is 11.8 Å². The fourth-order valence-corrected chi connectivity index (χ4v) is 7.47. The number of hydrogen-bond acceptors (Lipinski definition) is 6. The van der Waals surface area contributed by atoms with Crippen molar-refractivity contribution in [1.29, 1.82) is 0 Å². The van der Waals surface area contributed by atoms with Crippen LogP contribution in [0.5, 0.6) is 0 Å². The molecular formula is C33H58N4O5S. The van der Waals surface area contributed by atoms with Gasteiger partial charge in [0, 0.05) is 49.9 Å². The van der Waals surface area contributed by atoms with Crippen LogP contribution in [0.2, 0.25) is 0 Å². The largest absolute Gasteiger partial charge is 0.359 e. The molecule has 1 saturated carbocycles. The molecule has 0 radical (unpaired) electrons. The molecule has 1 unspecified atom stereocenters. The van der Waals surface area contributed by atoms with Crippen LogP contribution in [0.4, 0.5) is 4.79 Å². The monoisotopic (exact) mass is 622 g/mol. The molecular weight excluding hydrogens is 564 g/mol. The molecule has 2 rings (SSSR count). The first-order valence-electron chi connectivity index (χ1n) is 16.6. The minimum atomic E-state index is -0.307. The van der Waals surface area contributed by atoms with Crippen molar-refractivity contribution in [2.45, 2.75) is 147 Å². The number of hydrogen-bond donors (Lipinski definition) is 3. The SMILES string of the molecule is CCCC(C)(C)NC(=O)NC(C)(C)CCCCCC(=O)CCCCSC1CC(=O)N(CC2CCC(C(=O)NC)CC2)C1=O. The summed E-state index contributed by atoms with van der Waals surface area (Å²) in [7, 11) is 1.66. The van der Waals surface area contributed by atoms with Crippen LogP contribution in [0.25, 0.3) is 0 Å². The zero-order valence-corrected chi connectivity index (χ0v) is 28.5. The molecule has 1 heterocycles. The first-order chi connectivity index (χ1) is 20.3. The number of ketones is 1. The maximum atomic E-state index is 12.9. The van der Waals surface area contributed by atoms with Gasteiger partial charge in [0.2, 0.25) is 17.7 Å². The summed E-state index contributed by atoms with van der Waals surface area (Å²) in [4.78, 5) is 63.5. The molecule has 1 aliphatic carbocycles. The Morgan fingerprint density at radius 1 is 0.860 bits per heavy atom. The summed E-state index contributed by atoms with van der Waals surface area (Å²) in [6.45, 7) is 10.7. The Bertz CT molecular complexity index is 946. The Labute approximate surface area is 264 Å². The van der Waals surface area contributed by atoms with Gasteiger partial charge >= 0.3 is 6.03 Å². The summed E-state index contributed by atoms with van der Waals surface area (Å²) in [6, 6.07) is -0.129. The quantitative estimate of drug-likeness (QED) is 0.125. The molecule has 246 valence electrons. The molecule has 10 heteroatoms. The molecule has 5 amide bonds. The van der Waals surface area contributed by atoms with Crippen LogP contribution in [0, 0.1) is 11.8 Å². The van der Waals surface area contributed by atoms with E-state index in [1.807, 2.05) is 27.7 Å². The summed E-state index contributed by atoms with van der Waals surface area (Å²) in [6.07, 6.45) is 12.0. The molecule has 2 fully saturated rings.